The zero-order chi connectivity index (χ0) is 13.3. The third-order valence-electron chi connectivity index (χ3n) is 3.35. The Morgan fingerprint density at radius 3 is 2.67 bits per heavy atom. The molecule has 1 heterocycles. The molecule has 0 saturated heterocycles. The van der Waals surface area contributed by atoms with Gasteiger partial charge in [-0.1, -0.05) is 6.07 Å². The Hall–Kier alpha value is -1.68. The Kier molecular flexibility index (Phi) is 3.48. The predicted octanol–water partition coefficient (Wildman–Crippen LogP) is 2.45. The van der Waals surface area contributed by atoms with Crippen LogP contribution >= 0.6 is 0 Å². The highest BCUT2D eigenvalue weighted by atomic mass is 19.1. The van der Waals surface area contributed by atoms with Crippen LogP contribution < -0.4 is 0 Å². The summed E-state index contributed by atoms with van der Waals surface area (Å²) in [6, 6.07) is 4.63. The Morgan fingerprint density at radius 2 is 2.11 bits per heavy atom. The average Bonchev–Trinajstić information content (AvgIpc) is 2.64. The number of nitrogens with zero attached hydrogens (tertiary/aromatic N) is 2. The van der Waals surface area contributed by atoms with Crippen LogP contribution in [-0.4, -0.2) is 14.9 Å². The zero-order valence-electron chi connectivity index (χ0n) is 10.8. The number of rotatable bonds is 3. The molecule has 0 aliphatic rings. The first kappa shape index (κ1) is 12.8. The number of hydrogen-bond acceptors (Lipinski definition) is 2. The Balaban J connectivity index is 2.21. The molecule has 18 heavy (non-hydrogen) atoms. The summed E-state index contributed by atoms with van der Waals surface area (Å²) >= 11 is 0. The van der Waals surface area contributed by atoms with Crippen molar-refractivity contribution >= 4 is 0 Å². The molecule has 1 atom stereocenters. The van der Waals surface area contributed by atoms with Gasteiger partial charge in [-0.15, -0.1) is 0 Å². The summed E-state index contributed by atoms with van der Waals surface area (Å²) in [7, 11) is 1.84. The molecule has 1 unspecified atom stereocenters. The minimum Gasteiger partial charge on any atom is -0.388 e. The number of aryl methyl sites for hydroxylation is 2. The molecule has 1 N–H and O–H groups in total. The van der Waals surface area contributed by atoms with Crippen LogP contribution in [0.2, 0.25) is 0 Å². The maximum atomic E-state index is 13.0. The molecule has 0 radical (unpaired) electrons. The van der Waals surface area contributed by atoms with Crippen molar-refractivity contribution < 1.29 is 9.50 Å². The fraction of sp³-hybridized carbons (Fsp3) is 0.357. The first-order valence-corrected chi connectivity index (χ1v) is 5.90. The maximum absolute atomic E-state index is 13.0. The standard InChI is InChI=1S/C14H17FN2O/c1-9-6-12(15)5-4-11(9)7-14(18)13-8-16-17(3)10(13)2/h4-6,8,14,18H,7H2,1-3H3. The summed E-state index contributed by atoms with van der Waals surface area (Å²) in [6.45, 7) is 3.77. The van der Waals surface area contributed by atoms with Crippen LogP contribution in [0.5, 0.6) is 0 Å². The molecule has 0 fully saturated rings. The maximum Gasteiger partial charge on any atom is 0.123 e. The second kappa shape index (κ2) is 4.90. The fourth-order valence-corrected chi connectivity index (χ4v) is 2.05. The molecule has 0 aliphatic heterocycles. The number of benzene rings is 1. The summed E-state index contributed by atoms with van der Waals surface area (Å²) in [5, 5.41) is 14.3. The number of aliphatic hydroxyl groups excluding tert-OH is 1. The van der Waals surface area contributed by atoms with Gasteiger partial charge in [0, 0.05) is 24.7 Å². The van der Waals surface area contributed by atoms with Gasteiger partial charge >= 0.3 is 0 Å². The quantitative estimate of drug-likeness (QED) is 0.906. The monoisotopic (exact) mass is 248 g/mol. The average molecular weight is 248 g/mol. The lowest BCUT2D eigenvalue weighted by molar-refractivity contribution is 0.177. The molecule has 3 nitrogen and oxygen atoms in total. The van der Waals surface area contributed by atoms with E-state index in [1.165, 1.54) is 12.1 Å². The second-order valence-electron chi connectivity index (χ2n) is 4.60. The molecule has 0 bridgehead atoms. The zero-order valence-corrected chi connectivity index (χ0v) is 10.8. The Morgan fingerprint density at radius 1 is 1.39 bits per heavy atom. The highest BCUT2D eigenvalue weighted by Crippen LogP contribution is 2.22. The van der Waals surface area contributed by atoms with E-state index >= 15 is 0 Å². The predicted molar refractivity (Wildman–Crippen MR) is 67.7 cm³/mol. The smallest absolute Gasteiger partial charge is 0.123 e. The van der Waals surface area contributed by atoms with Gasteiger partial charge in [0.25, 0.3) is 0 Å². The van der Waals surface area contributed by atoms with E-state index < -0.39 is 6.10 Å². The van der Waals surface area contributed by atoms with Crippen LogP contribution in [0.15, 0.2) is 24.4 Å². The number of halogens is 1. The normalized spacial score (nSPS) is 12.7. The van der Waals surface area contributed by atoms with Crippen molar-refractivity contribution in [1.29, 1.82) is 0 Å². The summed E-state index contributed by atoms with van der Waals surface area (Å²) in [5.74, 6) is -0.247. The van der Waals surface area contributed by atoms with Crippen molar-refractivity contribution in [2.45, 2.75) is 26.4 Å². The third-order valence-corrected chi connectivity index (χ3v) is 3.35. The first-order chi connectivity index (χ1) is 8.49. The summed E-state index contributed by atoms with van der Waals surface area (Å²) in [4.78, 5) is 0. The Bertz CT molecular complexity index is 563. The minimum absolute atomic E-state index is 0.247. The lowest BCUT2D eigenvalue weighted by Gasteiger charge is -2.12. The van der Waals surface area contributed by atoms with E-state index in [1.807, 2.05) is 20.9 Å². The second-order valence-corrected chi connectivity index (χ2v) is 4.60. The summed E-state index contributed by atoms with van der Waals surface area (Å²) < 4.78 is 14.7. The van der Waals surface area contributed by atoms with Crippen LogP contribution in [0.25, 0.3) is 0 Å². The van der Waals surface area contributed by atoms with Gasteiger partial charge in [0.2, 0.25) is 0 Å². The molecule has 0 amide bonds. The van der Waals surface area contributed by atoms with Crippen LogP contribution in [0.1, 0.15) is 28.5 Å². The van der Waals surface area contributed by atoms with E-state index in [0.29, 0.717) is 6.42 Å². The molecule has 0 aliphatic carbocycles. The fourth-order valence-electron chi connectivity index (χ4n) is 2.05. The number of aliphatic hydroxyl groups is 1. The van der Waals surface area contributed by atoms with Gasteiger partial charge in [0.05, 0.1) is 12.3 Å². The molecule has 96 valence electrons. The van der Waals surface area contributed by atoms with Crippen LogP contribution in [-0.2, 0) is 13.5 Å². The highest BCUT2D eigenvalue weighted by molar-refractivity contribution is 5.29. The van der Waals surface area contributed by atoms with E-state index in [4.69, 9.17) is 0 Å². The van der Waals surface area contributed by atoms with Crippen molar-refractivity contribution in [3.8, 4) is 0 Å². The summed E-state index contributed by atoms with van der Waals surface area (Å²) in [6.07, 6.45) is 1.54. The summed E-state index contributed by atoms with van der Waals surface area (Å²) in [5.41, 5.74) is 3.58. The van der Waals surface area contributed by atoms with E-state index in [0.717, 1.165) is 22.4 Å². The van der Waals surface area contributed by atoms with Gasteiger partial charge in [0.1, 0.15) is 5.82 Å². The van der Waals surface area contributed by atoms with Gasteiger partial charge in [-0.05, 0) is 37.1 Å². The van der Waals surface area contributed by atoms with E-state index in [-0.39, 0.29) is 5.82 Å². The van der Waals surface area contributed by atoms with Crippen molar-refractivity contribution in [3.05, 3.63) is 52.6 Å². The molecule has 2 aromatic rings. The van der Waals surface area contributed by atoms with Gasteiger partial charge in [-0.25, -0.2) is 4.39 Å². The van der Waals surface area contributed by atoms with Gasteiger partial charge in [-0.2, -0.15) is 5.10 Å². The highest BCUT2D eigenvalue weighted by Gasteiger charge is 2.15. The SMILES string of the molecule is Cc1cc(F)ccc1CC(O)c1cnn(C)c1C. The topological polar surface area (TPSA) is 38.1 Å². The van der Waals surface area contributed by atoms with Gasteiger partial charge < -0.3 is 5.11 Å². The third kappa shape index (κ3) is 2.43. The largest absolute Gasteiger partial charge is 0.388 e. The Labute approximate surface area is 106 Å². The molecule has 1 aromatic carbocycles. The minimum atomic E-state index is -0.608. The van der Waals surface area contributed by atoms with Crippen molar-refractivity contribution in [2.24, 2.45) is 7.05 Å². The van der Waals surface area contributed by atoms with E-state index in [2.05, 4.69) is 5.10 Å². The lowest BCUT2D eigenvalue weighted by atomic mass is 9.98. The molecule has 1 aromatic heterocycles. The molecule has 4 heteroatoms. The number of aromatic nitrogens is 2. The van der Waals surface area contributed by atoms with E-state index in [9.17, 15) is 9.50 Å². The molecule has 0 spiro atoms. The molecule has 2 rings (SSSR count). The van der Waals surface area contributed by atoms with Crippen molar-refractivity contribution in [3.63, 3.8) is 0 Å². The lowest BCUT2D eigenvalue weighted by Crippen LogP contribution is -2.05. The van der Waals surface area contributed by atoms with Crippen LogP contribution in [0, 0.1) is 19.7 Å². The molecule has 0 saturated carbocycles. The van der Waals surface area contributed by atoms with E-state index in [1.54, 1.807) is 16.9 Å². The molecular weight excluding hydrogens is 231 g/mol. The van der Waals surface area contributed by atoms with Crippen molar-refractivity contribution in [1.82, 2.24) is 9.78 Å². The van der Waals surface area contributed by atoms with Crippen LogP contribution in [0.4, 0.5) is 4.39 Å². The number of hydrogen-bond donors (Lipinski definition) is 1. The van der Waals surface area contributed by atoms with Crippen molar-refractivity contribution in [2.75, 3.05) is 0 Å². The molecular formula is C14H17FN2O. The van der Waals surface area contributed by atoms with Gasteiger partial charge in [-0.3, -0.25) is 4.68 Å². The van der Waals surface area contributed by atoms with Crippen LogP contribution in [0.3, 0.4) is 0 Å². The first-order valence-electron chi connectivity index (χ1n) is 5.90. The van der Waals surface area contributed by atoms with Gasteiger partial charge in [0.15, 0.2) is 0 Å².